The van der Waals surface area contributed by atoms with E-state index in [0.717, 1.165) is 0 Å². The van der Waals surface area contributed by atoms with Crippen molar-refractivity contribution in [2.24, 2.45) is 0 Å². The summed E-state index contributed by atoms with van der Waals surface area (Å²) in [7, 11) is 0. The first kappa shape index (κ1) is 40.7. The Kier molecular flexibility index (Phi) is 15.2. The van der Waals surface area contributed by atoms with E-state index in [2.05, 4.69) is 52.6 Å². The van der Waals surface area contributed by atoms with Gasteiger partial charge in [-0.2, -0.15) is 0 Å². The summed E-state index contributed by atoms with van der Waals surface area (Å²) in [5.41, 5.74) is 1.15. The molecule has 284 valence electrons. The highest BCUT2D eigenvalue weighted by atomic mass is 16.5. The maximum Gasteiger partial charge on any atom is 0.173 e. The highest BCUT2D eigenvalue weighted by molar-refractivity contribution is 6.12. The molecule has 10 nitrogen and oxygen atoms in total. The molecule has 3 aromatic carbocycles. The van der Waals surface area contributed by atoms with Gasteiger partial charge in [0.2, 0.25) is 0 Å². The molecule has 0 amide bonds. The van der Waals surface area contributed by atoms with E-state index >= 15 is 0 Å². The van der Waals surface area contributed by atoms with E-state index < -0.39 is 12.2 Å². The predicted octanol–water partition coefficient (Wildman–Crippen LogP) is 9.11. The number of benzene rings is 3. The molecule has 2 atom stereocenters. The molecular weight excluding hydrogens is 688 g/mol. The largest absolute Gasteiger partial charge is 0.507 e. The molecule has 0 bridgehead atoms. The third-order valence-corrected chi connectivity index (χ3v) is 7.86. The topological polar surface area (TPSA) is 114 Å². The van der Waals surface area contributed by atoms with Crippen LogP contribution in [0.5, 0.6) is 40.2 Å². The fourth-order valence-corrected chi connectivity index (χ4v) is 5.95. The molecule has 0 spiro atoms. The van der Waals surface area contributed by atoms with Crippen molar-refractivity contribution in [3.05, 3.63) is 137 Å². The van der Waals surface area contributed by atoms with Crippen LogP contribution in [-0.4, -0.2) is 69.2 Å². The normalized spacial score (nSPS) is 14.4. The Morgan fingerprint density at radius 1 is 0.463 bits per heavy atom. The fraction of sp³-hybridized carbons (Fsp3) is 0.227. The summed E-state index contributed by atoms with van der Waals surface area (Å²) in [6.45, 7) is 31.4. The van der Waals surface area contributed by atoms with E-state index in [0.29, 0.717) is 33.4 Å². The van der Waals surface area contributed by atoms with Crippen molar-refractivity contribution in [1.29, 1.82) is 0 Å². The van der Waals surface area contributed by atoms with Crippen LogP contribution in [0.1, 0.15) is 17.2 Å². The highest BCUT2D eigenvalue weighted by Gasteiger charge is 2.40. The van der Waals surface area contributed by atoms with Crippen LogP contribution >= 0.6 is 0 Å². The molecule has 54 heavy (non-hydrogen) atoms. The minimum absolute atomic E-state index is 0.0760. The van der Waals surface area contributed by atoms with Crippen molar-refractivity contribution >= 4 is 16.5 Å². The summed E-state index contributed by atoms with van der Waals surface area (Å²) in [6.07, 6.45) is 13.0. The molecule has 1 unspecified atom stereocenters. The number of phenols is 2. The van der Waals surface area contributed by atoms with E-state index in [1.165, 1.54) is 12.1 Å². The van der Waals surface area contributed by atoms with Crippen molar-refractivity contribution in [3.8, 4) is 51.4 Å². The molecule has 4 rings (SSSR count). The molecule has 2 N–H and O–H groups in total. The first-order valence-corrected chi connectivity index (χ1v) is 17.2. The molecule has 3 aromatic rings. The second-order valence-electron chi connectivity index (χ2n) is 11.5. The molecule has 0 saturated heterocycles. The molecule has 0 fully saturated rings. The van der Waals surface area contributed by atoms with E-state index in [1.807, 2.05) is 0 Å². The molecular formula is C44H48O10. The highest BCUT2D eigenvalue weighted by Crippen LogP contribution is 2.58. The first-order chi connectivity index (χ1) is 26.3. The lowest BCUT2D eigenvalue weighted by molar-refractivity contribution is -0.0408. The van der Waals surface area contributed by atoms with Crippen LogP contribution in [0, 0.1) is 0 Å². The molecule has 1 aliphatic rings. The van der Waals surface area contributed by atoms with Gasteiger partial charge in [-0.1, -0.05) is 88.1 Å². The van der Waals surface area contributed by atoms with Gasteiger partial charge >= 0.3 is 0 Å². The predicted molar refractivity (Wildman–Crippen MR) is 214 cm³/mol. The van der Waals surface area contributed by atoms with Gasteiger partial charge in [-0.15, -0.1) is 13.2 Å². The Morgan fingerprint density at radius 3 is 1.52 bits per heavy atom. The van der Waals surface area contributed by atoms with Crippen LogP contribution in [0.4, 0.5) is 0 Å². The van der Waals surface area contributed by atoms with Gasteiger partial charge in [0.05, 0.1) is 18.6 Å². The first-order valence-electron chi connectivity index (χ1n) is 17.2. The molecule has 0 radical (unpaired) electrons. The maximum atomic E-state index is 12.2. The van der Waals surface area contributed by atoms with Crippen molar-refractivity contribution in [2.45, 2.75) is 12.2 Å². The number of hydrogen-bond donors (Lipinski definition) is 2. The fourth-order valence-electron chi connectivity index (χ4n) is 5.95. The number of rotatable bonds is 25. The monoisotopic (exact) mass is 736 g/mol. The summed E-state index contributed by atoms with van der Waals surface area (Å²) in [5.74, 6) is 1.08. The Bertz CT molecular complexity index is 1920. The van der Waals surface area contributed by atoms with Crippen molar-refractivity contribution < 1.29 is 48.1 Å². The Labute approximate surface area is 317 Å². The SMILES string of the molecule is C=CCOC1=CC(OCC=C)[C@@H](OCC=C)c2c(OCC=C)cc(O)c(-c3c(O)cc(OCC=C)c4c(OCC=C)c(OCC=C)cc(OCC=C)c34)c21. The summed E-state index contributed by atoms with van der Waals surface area (Å²) in [4.78, 5) is 0. The second kappa shape index (κ2) is 20.2. The Balaban J connectivity index is 2.31. The van der Waals surface area contributed by atoms with Gasteiger partial charge in [0.1, 0.15) is 86.4 Å². The third-order valence-electron chi connectivity index (χ3n) is 7.86. The third kappa shape index (κ3) is 8.91. The zero-order valence-corrected chi connectivity index (χ0v) is 30.6. The smallest absolute Gasteiger partial charge is 0.173 e. The number of fused-ring (bicyclic) bond motifs is 2. The lowest BCUT2D eigenvalue weighted by atomic mass is 9.82. The second-order valence-corrected chi connectivity index (χ2v) is 11.5. The van der Waals surface area contributed by atoms with Crippen LogP contribution in [0.3, 0.4) is 0 Å². The van der Waals surface area contributed by atoms with E-state index in [-0.39, 0.29) is 98.5 Å². The minimum atomic E-state index is -0.807. The van der Waals surface area contributed by atoms with E-state index in [4.69, 9.17) is 37.9 Å². The number of phenolic OH excluding ortho intramolecular Hbond substituents is 2. The van der Waals surface area contributed by atoms with Crippen molar-refractivity contribution in [1.82, 2.24) is 0 Å². The molecule has 0 heterocycles. The molecule has 1 aliphatic carbocycles. The van der Waals surface area contributed by atoms with Crippen LogP contribution in [0.25, 0.3) is 27.7 Å². The van der Waals surface area contributed by atoms with Crippen LogP contribution in [0.15, 0.2) is 126 Å². The van der Waals surface area contributed by atoms with Crippen LogP contribution in [-0.2, 0) is 14.2 Å². The maximum absolute atomic E-state index is 12.2. The quantitative estimate of drug-likeness (QED) is 0.0817. The van der Waals surface area contributed by atoms with Gasteiger partial charge in [0.15, 0.2) is 11.5 Å². The number of hydrogen-bond acceptors (Lipinski definition) is 10. The van der Waals surface area contributed by atoms with Crippen LogP contribution in [0.2, 0.25) is 0 Å². The van der Waals surface area contributed by atoms with E-state index in [9.17, 15) is 10.2 Å². The Hall–Kier alpha value is -6.10. The molecule has 0 aliphatic heterocycles. The van der Waals surface area contributed by atoms with Crippen LogP contribution < -0.4 is 23.7 Å². The zero-order chi connectivity index (χ0) is 39.0. The van der Waals surface area contributed by atoms with Crippen molar-refractivity contribution in [3.63, 3.8) is 0 Å². The molecule has 0 aromatic heterocycles. The van der Waals surface area contributed by atoms with Gasteiger partial charge in [-0.3, -0.25) is 0 Å². The van der Waals surface area contributed by atoms with E-state index in [1.54, 1.807) is 60.8 Å². The van der Waals surface area contributed by atoms with Gasteiger partial charge in [0, 0.05) is 45.8 Å². The molecule has 0 saturated carbocycles. The number of aromatic hydroxyl groups is 2. The summed E-state index contributed by atoms with van der Waals surface area (Å²) in [6, 6.07) is 4.53. The standard InChI is InChI=1S/C44H48O10/c1-9-17-47-31-25-29(45)37(39-33(49-19-11-3)27-35(51-21-13-5)43(41(31)39)53-23-15-7)38-30(46)26-32(48-18-10-2)42-40(38)34(50-20-12-4)28-36(52-22-14-6)44(42)54-24-16-8/h9-16,25-28,35,43,45-46H,1-8,17-24H2/t35?,43-/m1/s1. The zero-order valence-electron chi connectivity index (χ0n) is 30.6. The Morgan fingerprint density at radius 2 is 0.926 bits per heavy atom. The summed E-state index contributed by atoms with van der Waals surface area (Å²) in [5, 5.41) is 25.0. The average molecular weight is 737 g/mol. The van der Waals surface area contributed by atoms with Crippen molar-refractivity contribution in [2.75, 3.05) is 52.9 Å². The average Bonchev–Trinajstić information content (AvgIpc) is 3.17. The van der Waals surface area contributed by atoms with Gasteiger partial charge < -0.3 is 48.1 Å². The minimum Gasteiger partial charge on any atom is -0.507 e. The van der Waals surface area contributed by atoms with Gasteiger partial charge in [0.25, 0.3) is 0 Å². The van der Waals surface area contributed by atoms with Gasteiger partial charge in [-0.25, -0.2) is 0 Å². The number of ether oxygens (including phenoxy) is 8. The lowest BCUT2D eigenvalue weighted by Crippen LogP contribution is -2.29. The lowest BCUT2D eigenvalue weighted by Gasteiger charge is -2.35. The summed E-state index contributed by atoms with van der Waals surface area (Å²) < 4.78 is 49.9. The van der Waals surface area contributed by atoms with Gasteiger partial charge in [-0.05, 0) is 6.08 Å². The summed E-state index contributed by atoms with van der Waals surface area (Å²) >= 11 is 0. The molecule has 10 heteroatoms.